The third-order valence-corrected chi connectivity index (χ3v) is 6.12. The number of hydrazone groups is 1. The molecule has 0 radical (unpaired) electrons. The summed E-state index contributed by atoms with van der Waals surface area (Å²) in [7, 11) is 0. The van der Waals surface area contributed by atoms with Gasteiger partial charge in [-0.3, -0.25) is 14.4 Å². The third-order valence-electron chi connectivity index (χ3n) is 6.12. The van der Waals surface area contributed by atoms with E-state index in [1.165, 1.54) is 18.5 Å². The molecule has 158 valence electrons. The predicted octanol–water partition coefficient (Wildman–Crippen LogP) is 4.54. The molecule has 1 aliphatic carbocycles. The number of nitrogens with zero attached hydrogens (tertiary/aromatic N) is 3. The Bertz CT molecular complexity index is 1070. The molecule has 1 unspecified atom stereocenters. The van der Waals surface area contributed by atoms with Gasteiger partial charge in [0, 0.05) is 30.6 Å². The molecule has 0 amide bonds. The minimum absolute atomic E-state index is 0.365. The molecule has 1 aliphatic heterocycles. The number of nitrogens with one attached hydrogen (secondary N) is 1. The van der Waals surface area contributed by atoms with Gasteiger partial charge in [0.25, 0.3) is 0 Å². The van der Waals surface area contributed by atoms with Gasteiger partial charge in [-0.1, -0.05) is 6.07 Å². The van der Waals surface area contributed by atoms with Crippen molar-refractivity contribution in [1.29, 1.82) is 0 Å². The highest BCUT2D eigenvalue weighted by Gasteiger charge is 2.41. The van der Waals surface area contributed by atoms with Crippen LogP contribution in [0.15, 0.2) is 72.1 Å². The lowest BCUT2D eigenvalue weighted by Gasteiger charge is -2.29. The summed E-state index contributed by atoms with van der Waals surface area (Å²) in [4.78, 5) is 8.82. The number of hydrogen-bond acceptors (Lipinski definition) is 5. The molecule has 5 rings (SSSR count). The molecule has 3 aromatic rings. The van der Waals surface area contributed by atoms with Gasteiger partial charge in [0.05, 0.1) is 23.5 Å². The summed E-state index contributed by atoms with van der Waals surface area (Å²) < 4.78 is 19.5. The molecule has 31 heavy (non-hydrogen) atoms. The van der Waals surface area contributed by atoms with E-state index in [1.807, 2.05) is 42.5 Å². The molecule has 3 heterocycles. The van der Waals surface area contributed by atoms with Crippen molar-refractivity contribution < 1.29 is 9.13 Å². The lowest BCUT2D eigenvalue weighted by Crippen LogP contribution is -2.39. The van der Waals surface area contributed by atoms with Gasteiger partial charge in [0.2, 0.25) is 0 Å². The fourth-order valence-electron chi connectivity index (χ4n) is 4.26. The van der Waals surface area contributed by atoms with Gasteiger partial charge < -0.3 is 10.2 Å². The van der Waals surface area contributed by atoms with E-state index in [9.17, 15) is 4.39 Å². The van der Waals surface area contributed by atoms with E-state index in [0.717, 1.165) is 28.3 Å². The first-order valence-electron chi connectivity index (χ1n) is 10.7. The Morgan fingerprint density at radius 3 is 2.58 bits per heavy atom. The molecular formula is C25H25FN4O. The molecule has 0 bridgehead atoms. The van der Waals surface area contributed by atoms with Crippen molar-refractivity contribution in [3.05, 3.63) is 89.5 Å². The second-order valence-corrected chi connectivity index (χ2v) is 8.19. The molecule has 1 N–H and O–H groups in total. The van der Waals surface area contributed by atoms with Gasteiger partial charge in [-0.25, -0.2) is 0 Å². The average molecular weight is 417 g/mol. The van der Waals surface area contributed by atoms with Crippen LogP contribution in [0.2, 0.25) is 0 Å². The molecule has 0 spiro atoms. The van der Waals surface area contributed by atoms with E-state index in [2.05, 4.69) is 27.6 Å². The summed E-state index contributed by atoms with van der Waals surface area (Å²) in [5.74, 6) is 1.40. The Morgan fingerprint density at radius 1 is 1.03 bits per heavy atom. The molecule has 0 saturated heterocycles. The lowest BCUT2D eigenvalue weighted by molar-refractivity contribution is 0.301. The first-order valence-corrected chi connectivity index (χ1v) is 10.7. The third kappa shape index (κ3) is 4.02. The number of ether oxygens (including phenoxy) is 1. The summed E-state index contributed by atoms with van der Waals surface area (Å²) in [5.41, 5.74) is 7.52. The number of hydrogen-bond donors (Lipinski definition) is 1. The Morgan fingerprint density at radius 2 is 1.84 bits per heavy atom. The van der Waals surface area contributed by atoms with Crippen LogP contribution in [0.5, 0.6) is 5.75 Å². The quantitative estimate of drug-likeness (QED) is 0.586. The van der Waals surface area contributed by atoms with Gasteiger partial charge >= 0.3 is 0 Å². The van der Waals surface area contributed by atoms with Crippen molar-refractivity contribution in [1.82, 2.24) is 15.4 Å². The zero-order valence-electron chi connectivity index (χ0n) is 17.3. The minimum Gasteiger partial charge on any atom is -0.487 e. The molecule has 1 fully saturated rings. The predicted molar refractivity (Wildman–Crippen MR) is 118 cm³/mol. The highest BCUT2D eigenvalue weighted by Crippen LogP contribution is 2.39. The van der Waals surface area contributed by atoms with Crippen LogP contribution in [0, 0.1) is 0 Å². The first kappa shape index (κ1) is 19.7. The van der Waals surface area contributed by atoms with Gasteiger partial charge in [0.1, 0.15) is 12.4 Å². The monoisotopic (exact) mass is 416 g/mol. The summed E-state index contributed by atoms with van der Waals surface area (Å²) in [6, 6.07) is 17.9. The molecule has 5 nitrogen and oxygen atoms in total. The molecule has 2 aliphatic rings. The Balaban J connectivity index is 1.32. The fraction of sp³-hybridized carbons (Fsp3) is 0.320. The maximum atomic E-state index is 13.5. The van der Waals surface area contributed by atoms with E-state index in [4.69, 9.17) is 9.72 Å². The number of aromatic nitrogens is 2. The number of alkyl halides is 1. The smallest absolute Gasteiger partial charge is 0.130 e. The average Bonchev–Trinajstić information content (AvgIpc) is 3.59. The van der Waals surface area contributed by atoms with Gasteiger partial charge in [0.15, 0.2) is 0 Å². The highest BCUT2D eigenvalue weighted by atomic mass is 19.1. The van der Waals surface area contributed by atoms with Crippen LogP contribution >= 0.6 is 0 Å². The summed E-state index contributed by atoms with van der Waals surface area (Å²) >= 11 is 0. The number of pyridine rings is 2. The van der Waals surface area contributed by atoms with Crippen LogP contribution in [0.1, 0.15) is 47.7 Å². The molecule has 6 heteroatoms. The number of benzene rings is 1. The van der Waals surface area contributed by atoms with Crippen LogP contribution in [-0.2, 0) is 12.0 Å². The van der Waals surface area contributed by atoms with Crippen molar-refractivity contribution >= 4 is 5.71 Å². The Labute approximate surface area is 181 Å². The lowest BCUT2D eigenvalue weighted by atomic mass is 9.72. The fourth-order valence-corrected chi connectivity index (χ4v) is 4.26. The van der Waals surface area contributed by atoms with Gasteiger partial charge in [-0.05, 0) is 78.9 Å². The van der Waals surface area contributed by atoms with Crippen molar-refractivity contribution in [2.45, 2.75) is 37.2 Å². The van der Waals surface area contributed by atoms with Gasteiger partial charge in [-0.2, -0.15) is 5.10 Å². The van der Waals surface area contributed by atoms with Crippen molar-refractivity contribution in [3.63, 3.8) is 0 Å². The first-order chi connectivity index (χ1) is 15.3. The molecule has 2 aromatic heterocycles. The van der Waals surface area contributed by atoms with E-state index >= 15 is 0 Å². The van der Waals surface area contributed by atoms with Crippen LogP contribution in [0.25, 0.3) is 0 Å². The van der Waals surface area contributed by atoms with Crippen molar-refractivity contribution in [3.8, 4) is 5.75 Å². The number of rotatable bonds is 8. The summed E-state index contributed by atoms with van der Waals surface area (Å²) in [6.45, 7) is 0.583. The Hall–Kier alpha value is -3.28. The molecule has 1 aromatic carbocycles. The zero-order valence-corrected chi connectivity index (χ0v) is 17.3. The van der Waals surface area contributed by atoms with Crippen molar-refractivity contribution in [2.24, 2.45) is 5.10 Å². The zero-order chi connectivity index (χ0) is 21.1. The topological polar surface area (TPSA) is 59.4 Å². The molecule has 1 saturated carbocycles. The van der Waals surface area contributed by atoms with Crippen molar-refractivity contribution in [2.75, 3.05) is 13.2 Å². The standard InChI is InChI=1S/C25H25FN4O/c26-13-12-25(20-10-14-27-15-11-20)17-28-30-24(25)19-6-8-22(9-7-19)31-16-21-2-1-3-23(29-21)18-4-5-18/h1-3,6-11,14-15,18,28H,4-5,12-13,16-17H2. The van der Waals surface area contributed by atoms with Crippen LogP contribution in [-0.4, -0.2) is 28.9 Å². The minimum atomic E-state index is -0.507. The van der Waals surface area contributed by atoms with Gasteiger partial charge in [-0.15, -0.1) is 0 Å². The van der Waals surface area contributed by atoms with E-state index in [1.54, 1.807) is 12.4 Å². The number of halogens is 1. The van der Waals surface area contributed by atoms with E-state index in [0.29, 0.717) is 25.5 Å². The largest absolute Gasteiger partial charge is 0.487 e. The second kappa shape index (κ2) is 8.46. The normalized spacial score (nSPS) is 20.2. The van der Waals surface area contributed by atoms with E-state index in [-0.39, 0.29) is 0 Å². The van der Waals surface area contributed by atoms with Crippen LogP contribution in [0.4, 0.5) is 4.39 Å². The molecular weight excluding hydrogens is 391 g/mol. The SMILES string of the molecule is FCCC1(c2ccncc2)CNN=C1c1ccc(OCc2cccc(C3CC3)n2)cc1. The summed E-state index contributed by atoms with van der Waals surface area (Å²) in [6.07, 6.45) is 6.33. The summed E-state index contributed by atoms with van der Waals surface area (Å²) in [5, 5.41) is 4.54. The van der Waals surface area contributed by atoms with E-state index < -0.39 is 12.1 Å². The maximum Gasteiger partial charge on any atom is 0.130 e. The highest BCUT2D eigenvalue weighted by molar-refractivity contribution is 6.09. The van der Waals surface area contributed by atoms with Crippen LogP contribution < -0.4 is 10.2 Å². The van der Waals surface area contributed by atoms with Crippen LogP contribution in [0.3, 0.4) is 0 Å². The molecule has 1 atom stereocenters. The maximum absolute atomic E-state index is 13.5. The second-order valence-electron chi connectivity index (χ2n) is 8.19. The Kier molecular flexibility index (Phi) is 5.37.